The molecule has 1 saturated heterocycles. The zero-order chi connectivity index (χ0) is 28.5. The molecule has 1 amide bonds. The van der Waals surface area contributed by atoms with Crippen LogP contribution in [0.15, 0.2) is 35.3 Å². The number of aryl methyl sites for hydroxylation is 1. The molecule has 14 heteroatoms. The van der Waals surface area contributed by atoms with Crippen LogP contribution in [-0.2, 0) is 15.1 Å². The Bertz CT molecular complexity index is 1520. The van der Waals surface area contributed by atoms with Gasteiger partial charge in [0.05, 0.1) is 30.2 Å². The molecule has 2 unspecified atom stereocenters. The van der Waals surface area contributed by atoms with Crippen molar-refractivity contribution < 1.29 is 32.6 Å². The summed E-state index contributed by atoms with van der Waals surface area (Å²) in [5, 5.41) is 26.7. The summed E-state index contributed by atoms with van der Waals surface area (Å²) in [6, 6.07) is 8.13. The van der Waals surface area contributed by atoms with E-state index in [1.54, 1.807) is 19.1 Å². The van der Waals surface area contributed by atoms with Crippen LogP contribution in [0.2, 0.25) is 0 Å². The van der Waals surface area contributed by atoms with Gasteiger partial charge < -0.3 is 25.0 Å². The van der Waals surface area contributed by atoms with E-state index in [0.29, 0.717) is 21.7 Å². The number of aromatic amines is 1. The Hall–Kier alpha value is -4.38. The van der Waals surface area contributed by atoms with Crippen molar-refractivity contribution in [3.63, 3.8) is 0 Å². The maximum atomic E-state index is 12.8. The summed E-state index contributed by atoms with van der Waals surface area (Å²) in [6.45, 7) is 0.0737. The van der Waals surface area contributed by atoms with Crippen molar-refractivity contribution in [3.05, 3.63) is 51.9 Å². The molecule has 4 rings (SSSR count). The molecular weight excluding hydrogens is 521 g/mol. The molecule has 2 aromatic heterocycles. The van der Waals surface area contributed by atoms with Crippen LogP contribution in [0.5, 0.6) is 0 Å². The molecule has 1 aromatic carbocycles. The maximum absolute atomic E-state index is 12.8. The quantitative estimate of drug-likeness (QED) is 0.408. The van der Waals surface area contributed by atoms with Crippen LogP contribution in [0.25, 0.3) is 10.9 Å². The lowest BCUT2D eigenvalue weighted by molar-refractivity contribution is -0.158. The van der Waals surface area contributed by atoms with Gasteiger partial charge in [0.2, 0.25) is 0 Å². The first kappa shape index (κ1) is 27.6. The summed E-state index contributed by atoms with van der Waals surface area (Å²) in [5.41, 5.74) is -0.199. The fourth-order valence-electron chi connectivity index (χ4n) is 4.73. The summed E-state index contributed by atoms with van der Waals surface area (Å²) in [5.74, 6) is -1.76. The number of halogens is 3. The lowest BCUT2D eigenvalue weighted by atomic mass is 9.87. The van der Waals surface area contributed by atoms with Gasteiger partial charge in [-0.1, -0.05) is 0 Å². The molecule has 2 atom stereocenters. The number of carboxylic acid groups (broad SMARTS) is 1. The second-order valence-corrected chi connectivity index (χ2v) is 9.49. The molecule has 0 spiro atoms. The third kappa shape index (κ3) is 5.58. The van der Waals surface area contributed by atoms with Crippen molar-refractivity contribution in [1.82, 2.24) is 19.7 Å². The Labute approximate surface area is 219 Å². The monoisotopic (exact) mass is 546 g/mol. The highest BCUT2D eigenvalue weighted by Gasteiger charge is 2.42. The number of carbonyl (C=O) groups is 2. The number of amides is 1. The number of alkyl halides is 3. The van der Waals surface area contributed by atoms with E-state index in [4.69, 9.17) is 4.74 Å². The highest BCUT2D eigenvalue weighted by Crippen LogP contribution is 2.37. The SMILES string of the molecule is Cc1cc(Nc2nn(C3(CC#N)CCC(C(=O)O)OC3)c3cc[nH]c(=O)c23)ccc1C(=O)N(C)CC(F)(F)F. The van der Waals surface area contributed by atoms with Crippen LogP contribution >= 0.6 is 0 Å². The molecular formula is C25H25F3N6O5. The van der Waals surface area contributed by atoms with E-state index in [1.165, 1.54) is 23.0 Å². The molecule has 3 N–H and O–H groups in total. The Kier molecular flexibility index (Phi) is 7.38. The summed E-state index contributed by atoms with van der Waals surface area (Å²) in [7, 11) is 1.07. The van der Waals surface area contributed by atoms with E-state index in [2.05, 4.69) is 21.5 Å². The molecule has 39 heavy (non-hydrogen) atoms. The van der Waals surface area contributed by atoms with Crippen molar-refractivity contribution in [2.24, 2.45) is 0 Å². The molecule has 11 nitrogen and oxygen atoms in total. The number of hydrogen-bond acceptors (Lipinski definition) is 7. The number of aromatic nitrogens is 3. The topological polar surface area (TPSA) is 153 Å². The van der Waals surface area contributed by atoms with Gasteiger partial charge in [0, 0.05) is 24.5 Å². The van der Waals surface area contributed by atoms with Crippen molar-refractivity contribution in [1.29, 1.82) is 5.26 Å². The Morgan fingerprint density at radius 2 is 2.13 bits per heavy atom. The van der Waals surface area contributed by atoms with Gasteiger partial charge in [0.15, 0.2) is 11.9 Å². The van der Waals surface area contributed by atoms with Crippen LogP contribution in [0.1, 0.15) is 35.2 Å². The standard InChI is InChI=1S/C25H25F3N6O5/c1-14-11-15(3-4-16(14)22(36)33(2)12-25(26,27)28)31-20-19-17(6-10-30-21(19)35)34(32-20)24(8-9-29)7-5-18(23(37)38)39-13-24/h3-4,6,10-11,18H,5,7-8,12-13H2,1-2H3,(H,30,35)(H,31,32)(H,37,38). The number of benzene rings is 1. The Balaban J connectivity index is 1.69. The molecule has 1 aliphatic rings. The molecule has 3 aromatic rings. The average Bonchev–Trinajstić information content (AvgIpc) is 3.23. The van der Waals surface area contributed by atoms with Crippen molar-refractivity contribution in [3.8, 4) is 6.07 Å². The number of nitrogens with zero attached hydrogens (tertiary/aromatic N) is 4. The summed E-state index contributed by atoms with van der Waals surface area (Å²) >= 11 is 0. The molecule has 1 fully saturated rings. The molecule has 0 aliphatic carbocycles. The first-order valence-electron chi connectivity index (χ1n) is 11.9. The predicted octanol–water partition coefficient (Wildman–Crippen LogP) is 3.28. The van der Waals surface area contributed by atoms with Crippen molar-refractivity contribution in [2.45, 2.75) is 44.0 Å². The highest BCUT2D eigenvalue weighted by molar-refractivity contribution is 5.96. The first-order chi connectivity index (χ1) is 18.3. The van der Waals surface area contributed by atoms with Crippen molar-refractivity contribution >= 4 is 34.3 Å². The van der Waals surface area contributed by atoms with Crippen LogP contribution in [0, 0.1) is 18.3 Å². The van der Waals surface area contributed by atoms with Gasteiger partial charge in [0.25, 0.3) is 11.5 Å². The van der Waals surface area contributed by atoms with Gasteiger partial charge >= 0.3 is 12.1 Å². The number of nitriles is 1. The number of carboxylic acids is 1. The highest BCUT2D eigenvalue weighted by atomic mass is 19.4. The summed E-state index contributed by atoms with van der Waals surface area (Å²) in [4.78, 5) is 39.9. The molecule has 1 aliphatic heterocycles. The number of rotatable bonds is 7. The van der Waals surface area contributed by atoms with Crippen LogP contribution in [-0.4, -0.2) is 69.1 Å². The van der Waals surface area contributed by atoms with Crippen LogP contribution in [0.4, 0.5) is 24.7 Å². The van der Waals surface area contributed by atoms with E-state index < -0.39 is 41.8 Å². The smallest absolute Gasteiger partial charge is 0.406 e. The van der Waals surface area contributed by atoms with E-state index in [9.17, 15) is 37.9 Å². The normalized spacial score (nSPS) is 19.4. The minimum absolute atomic E-state index is 0.0519. The van der Waals surface area contributed by atoms with E-state index in [0.717, 1.165) is 7.05 Å². The second-order valence-electron chi connectivity index (χ2n) is 9.49. The third-order valence-corrected chi connectivity index (χ3v) is 6.64. The fourth-order valence-corrected chi connectivity index (χ4v) is 4.73. The molecule has 0 radical (unpaired) electrons. The van der Waals surface area contributed by atoms with Gasteiger partial charge in [-0.05, 0) is 49.6 Å². The number of pyridine rings is 1. The van der Waals surface area contributed by atoms with Gasteiger partial charge in [-0.15, -0.1) is 0 Å². The first-order valence-corrected chi connectivity index (χ1v) is 11.9. The predicted molar refractivity (Wildman–Crippen MR) is 133 cm³/mol. The van der Waals surface area contributed by atoms with Gasteiger partial charge in [0.1, 0.15) is 11.9 Å². The molecule has 0 saturated carbocycles. The number of fused-ring (bicyclic) bond motifs is 1. The largest absolute Gasteiger partial charge is 0.479 e. The zero-order valence-electron chi connectivity index (χ0n) is 21.0. The van der Waals surface area contributed by atoms with Crippen molar-refractivity contribution in [2.75, 3.05) is 25.5 Å². The maximum Gasteiger partial charge on any atom is 0.406 e. The van der Waals surface area contributed by atoms with E-state index in [1.807, 2.05) is 0 Å². The molecule has 3 heterocycles. The number of ether oxygens (including phenoxy) is 1. The number of carbonyl (C=O) groups excluding carboxylic acids is 1. The number of aliphatic carboxylic acids is 1. The van der Waals surface area contributed by atoms with E-state index >= 15 is 0 Å². The third-order valence-electron chi connectivity index (χ3n) is 6.64. The summed E-state index contributed by atoms with van der Waals surface area (Å²) < 4.78 is 45.2. The van der Waals surface area contributed by atoms with Gasteiger partial charge in [-0.3, -0.25) is 14.3 Å². The molecule has 206 valence electrons. The lowest BCUT2D eigenvalue weighted by Gasteiger charge is -2.38. The van der Waals surface area contributed by atoms with Gasteiger partial charge in [-0.25, -0.2) is 4.79 Å². The van der Waals surface area contributed by atoms with Gasteiger partial charge in [-0.2, -0.15) is 23.5 Å². The number of anilines is 2. The lowest BCUT2D eigenvalue weighted by Crippen LogP contribution is -2.46. The average molecular weight is 547 g/mol. The van der Waals surface area contributed by atoms with Crippen LogP contribution in [0.3, 0.4) is 0 Å². The fraction of sp³-hybridized carbons (Fsp3) is 0.400. The summed E-state index contributed by atoms with van der Waals surface area (Å²) in [6.07, 6.45) is -3.77. The number of nitrogens with one attached hydrogen (secondary N) is 2. The Morgan fingerprint density at radius 3 is 2.72 bits per heavy atom. The minimum Gasteiger partial charge on any atom is -0.479 e. The van der Waals surface area contributed by atoms with E-state index in [-0.39, 0.29) is 42.6 Å². The van der Waals surface area contributed by atoms with Crippen LogP contribution < -0.4 is 10.9 Å². The molecule has 0 bridgehead atoms. The second kappa shape index (κ2) is 10.4. The number of hydrogen-bond donors (Lipinski definition) is 3. The zero-order valence-corrected chi connectivity index (χ0v) is 21.0. The number of H-pyrrole nitrogens is 1. The Morgan fingerprint density at radius 1 is 1.38 bits per heavy atom. The minimum atomic E-state index is -4.53.